The standard InChI is InChI=1S/C13H18N4O2.2ClH/c1-9-3-4-12-16-10(7-17(12)6-9)5-15-13(18)11(14)8-19-2;;/h3-4,6-7,11H,5,8,14H2,1-2H3,(H,15,18);2*1H. The van der Waals surface area contributed by atoms with E-state index in [0.717, 1.165) is 16.9 Å². The molecule has 0 saturated heterocycles. The molecule has 2 aromatic rings. The molecule has 0 aliphatic carbocycles. The highest BCUT2D eigenvalue weighted by molar-refractivity contribution is 5.85. The van der Waals surface area contributed by atoms with Gasteiger partial charge in [-0.1, -0.05) is 6.07 Å². The van der Waals surface area contributed by atoms with Gasteiger partial charge < -0.3 is 20.2 Å². The van der Waals surface area contributed by atoms with Crippen LogP contribution in [0.4, 0.5) is 0 Å². The minimum absolute atomic E-state index is 0. The summed E-state index contributed by atoms with van der Waals surface area (Å²) in [5.41, 5.74) is 8.43. The second-order valence-corrected chi connectivity index (χ2v) is 4.48. The Kier molecular flexibility index (Phi) is 8.27. The largest absolute Gasteiger partial charge is 0.383 e. The van der Waals surface area contributed by atoms with E-state index in [-0.39, 0.29) is 37.3 Å². The van der Waals surface area contributed by atoms with Gasteiger partial charge in [0.1, 0.15) is 11.7 Å². The predicted octanol–water partition coefficient (Wildman–Crippen LogP) is 1.08. The van der Waals surface area contributed by atoms with Crippen molar-refractivity contribution in [3.05, 3.63) is 35.8 Å². The molecule has 0 aliphatic heterocycles. The number of fused-ring (bicyclic) bond motifs is 1. The van der Waals surface area contributed by atoms with Crippen molar-refractivity contribution in [3.8, 4) is 0 Å². The van der Waals surface area contributed by atoms with Crippen LogP contribution in [-0.4, -0.2) is 35.1 Å². The van der Waals surface area contributed by atoms with Gasteiger partial charge >= 0.3 is 0 Å². The quantitative estimate of drug-likeness (QED) is 0.857. The Bertz CT molecular complexity index is 589. The van der Waals surface area contributed by atoms with Crippen LogP contribution in [0.25, 0.3) is 5.65 Å². The normalized spacial score (nSPS) is 11.4. The van der Waals surface area contributed by atoms with E-state index < -0.39 is 6.04 Å². The number of ether oxygens (including phenoxy) is 1. The van der Waals surface area contributed by atoms with Gasteiger partial charge in [0.25, 0.3) is 0 Å². The molecule has 1 atom stereocenters. The molecule has 0 bridgehead atoms. The van der Waals surface area contributed by atoms with Gasteiger partial charge in [0.05, 0.1) is 18.8 Å². The highest BCUT2D eigenvalue weighted by Crippen LogP contribution is 2.07. The van der Waals surface area contributed by atoms with Crippen molar-refractivity contribution in [3.63, 3.8) is 0 Å². The molecule has 1 amide bonds. The maximum atomic E-state index is 11.6. The van der Waals surface area contributed by atoms with Crippen molar-refractivity contribution < 1.29 is 9.53 Å². The van der Waals surface area contributed by atoms with Gasteiger partial charge in [-0.3, -0.25) is 4.79 Å². The number of hydrogen-bond acceptors (Lipinski definition) is 4. The number of rotatable bonds is 5. The van der Waals surface area contributed by atoms with Crippen molar-refractivity contribution in [2.75, 3.05) is 13.7 Å². The first-order chi connectivity index (χ1) is 9.10. The number of hydrogen-bond donors (Lipinski definition) is 2. The van der Waals surface area contributed by atoms with E-state index in [1.54, 1.807) is 0 Å². The molecular weight excluding hydrogens is 315 g/mol. The SMILES string of the molecule is COCC(N)C(=O)NCc1cn2cc(C)ccc2n1.Cl.Cl. The number of carbonyl (C=O) groups is 1. The van der Waals surface area contributed by atoms with Gasteiger partial charge in [0, 0.05) is 19.5 Å². The summed E-state index contributed by atoms with van der Waals surface area (Å²) in [5, 5.41) is 2.74. The van der Waals surface area contributed by atoms with E-state index >= 15 is 0 Å². The summed E-state index contributed by atoms with van der Waals surface area (Å²) in [4.78, 5) is 16.0. The Balaban J connectivity index is 0.00000200. The summed E-state index contributed by atoms with van der Waals surface area (Å²) >= 11 is 0. The zero-order valence-electron chi connectivity index (χ0n) is 11.9. The van der Waals surface area contributed by atoms with Crippen LogP contribution in [0.2, 0.25) is 0 Å². The van der Waals surface area contributed by atoms with E-state index in [0.29, 0.717) is 6.54 Å². The number of aryl methyl sites for hydroxylation is 1. The topological polar surface area (TPSA) is 81.6 Å². The summed E-state index contributed by atoms with van der Waals surface area (Å²) in [6.07, 6.45) is 3.88. The molecule has 0 aliphatic rings. The lowest BCUT2D eigenvalue weighted by atomic mass is 10.3. The molecule has 3 N–H and O–H groups in total. The predicted molar refractivity (Wildman–Crippen MR) is 86.1 cm³/mol. The maximum Gasteiger partial charge on any atom is 0.239 e. The zero-order valence-corrected chi connectivity index (χ0v) is 13.5. The van der Waals surface area contributed by atoms with Crippen molar-refractivity contribution in [1.82, 2.24) is 14.7 Å². The Morgan fingerprint density at radius 2 is 2.14 bits per heavy atom. The van der Waals surface area contributed by atoms with Crippen LogP contribution in [0.3, 0.4) is 0 Å². The fourth-order valence-corrected chi connectivity index (χ4v) is 1.80. The van der Waals surface area contributed by atoms with Crippen molar-refractivity contribution in [1.29, 1.82) is 0 Å². The second kappa shape index (κ2) is 8.84. The molecule has 2 aromatic heterocycles. The molecule has 0 spiro atoms. The van der Waals surface area contributed by atoms with E-state index in [1.807, 2.05) is 35.9 Å². The third-order valence-corrected chi connectivity index (χ3v) is 2.78. The Labute approximate surface area is 135 Å². The summed E-state index contributed by atoms with van der Waals surface area (Å²) in [6, 6.07) is 3.29. The number of nitrogens with two attached hydrogens (primary N) is 1. The Hall–Kier alpha value is -1.34. The molecule has 2 heterocycles. The summed E-state index contributed by atoms with van der Waals surface area (Å²) in [5.74, 6) is -0.241. The second-order valence-electron chi connectivity index (χ2n) is 4.48. The first-order valence-electron chi connectivity index (χ1n) is 6.06. The first-order valence-corrected chi connectivity index (χ1v) is 6.06. The van der Waals surface area contributed by atoms with Gasteiger partial charge in [-0.25, -0.2) is 4.98 Å². The number of aromatic nitrogens is 2. The van der Waals surface area contributed by atoms with Crippen LogP contribution in [0.1, 0.15) is 11.3 Å². The average molecular weight is 335 g/mol. The van der Waals surface area contributed by atoms with Gasteiger partial charge in [0.15, 0.2) is 0 Å². The van der Waals surface area contributed by atoms with E-state index in [2.05, 4.69) is 10.3 Å². The lowest BCUT2D eigenvalue weighted by molar-refractivity contribution is -0.123. The van der Waals surface area contributed by atoms with Crippen LogP contribution in [0.5, 0.6) is 0 Å². The fraction of sp³-hybridized carbons (Fsp3) is 0.385. The number of methoxy groups -OCH3 is 1. The van der Waals surface area contributed by atoms with Crippen molar-refractivity contribution >= 4 is 36.4 Å². The van der Waals surface area contributed by atoms with E-state index in [4.69, 9.17) is 10.5 Å². The third kappa shape index (κ3) is 5.17. The van der Waals surface area contributed by atoms with Crippen LogP contribution in [0, 0.1) is 6.92 Å². The molecule has 1 unspecified atom stereocenters. The smallest absolute Gasteiger partial charge is 0.239 e. The van der Waals surface area contributed by atoms with Gasteiger partial charge in [-0.05, 0) is 18.6 Å². The highest BCUT2D eigenvalue weighted by atomic mass is 35.5. The molecule has 0 aromatic carbocycles. The highest BCUT2D eigenvalue weighted by Gasteiger charge is 2.13. The fourth-order valence-electron chi connectivity index (χ4n) is 1.80. The average Bonchev–Trinajstić information content (AvgIpc) is 2.78. The van der Waals surface area contributed by atoms with Crippen LogP contribution in [-0.2, 0) is 16.1 Å². The van der Waals surface area contributed by atoms with E-state index in [1.165, 1.54) is 7.11 Å². The molecular formula is C13H20Cl2N4O2. The summed E-state index contributed by atoms with van der Waals surface area (Å²) in [6.45, 7) is 2.58. The number of halogens is 2. The molecule has 0 saturated carbocycles. The molecule has 6 nitrogen and oxygen atoms in total. The van der Waals surface area contributed by atoms with Gasteiger partial charge in [0.2, 0.25) is 5.91 Å². The number of nitrogens with zero attached hydrogens (tertiary/aromatic N) is 2. The molecule has 21 heavy (non-hydrogen) atoms. The van der Waals surface area contributed by atoms with Crippen LogP contribution < -0.4 is 11.1 Å². The number of carbonyl (C=O) groups excluding carboxylic acids is 1. The first kappa shape index (κ1) is 19.7. The minimum Gasteiger partial charge on any atom is -0.383 e. The lowest BCUT2D eigenvalue weighted by Crippen LogP contribution is -2.43. The maximum absolute atomic E-state index is 11.6. The third-order valence-electron chi connectivity index (χ3n) is 2.78. The van der Waals surface area contributed by atoms with Crippen LogP contribution >= 0.6 is 24.8 Å². The summed E-state index contributed by atoms with van der Waals surface area (Å²) in [7, 11) is 1.51. The lowest BCUT2D eigenvalue weighted by Gasteiger charge is -2.09. The monoisotopic (exact) mass is 334 g/mol. The molecule has 2 rings (SSSR count). The Morgan fingerprint density at radius 3 is 2.81 bits per heavy atom. The number of pyridine rings is 1. The molecule has 8 heteroatoms. The van der Waals surface area contributed by atoms with Gasteiger partial charge in [-0.15, -0.1) is 24.8 Å². The van der Waals surface area contributed by atoms with Crippen LogP contribution in [0.15, 0.2) is 24.5 Å². The van der Waals surface area contributed by atoms with Crippen molar-refractivity contribution in [2.45, 2.75) is 19.5 Å². The minimum atomic E-state index is -0.649. The Morgan fingerprint density at radius 1 is 1.43 bits per heavy atom. The number of amides is 1. The van der Waals surface area contributed by atoms with Crippen molar-refractivity contribution in [2.24, 2.45) is 5.73 Å². The van der Waals surface area contributed by atoms with E-state index in [9.17, 15) is 4.79 Å². The number of nitrogens with one attached hydrogen (secondary N) is 1. The molecule has 118 valence electrons. The van der Waals surface area contributed by atoms with Gasteiger partial charge in [-0.2, -0.15) is 0 Å². The molecule has 0 fully saturated rings. The zero-order chi connectivity index (χ0) is 13.8. The summed E-state index contributed by atoms with van der Waals surface area (Å²) < 4.78 is 6.77. The molecule has 0 radical (unpaired) electrons. The number of imidazole rings is 1.